The number of ether oxygens (including phenoxy) is 1. The van der Waals surface area contributed by atoms with Crippen LogP contribution in [-0.2, 0) is 9.53 Å². The number of nitrogens with one attached hydrogen (secondary N) is 2. The van der Waals surface area contributed by atoms with E-state index in [1.807, 2.05) is 6.92 Å². The molecule has 0 radical (unpaired) electrons. The standard InChI is InChI=1S/C20H38N2O5S/c1-11(2)5-6-13-8-14(21-10-13)19(26)22-9-12(3)7-15-16(23)17(24)18(25)20(27-15)28-4/h11-18,20-21,23-25H,5-10H2,1-4H3,(H,22,26). The Hall–Kier alpha value is -0.380. The monoisotopic (exact) mass is 418 g/mol. The maximum atomic E-state index is 12.5. The van der Waals surface area contributed by atoms with Gasteiger partial charge in [-0.2, -0.15) is 0 Å². The minimum absolute atomic E-state index is 0.0291. The molecule has 1 amide bonds. The van der Waals surface area contributed by atoms with E-state index in [2.05, 4.69) is 24.5 Å². The number of thioether (sulfide) groups is 1. The van der Waals surface area contributed by atoms with Crippen LogP contribution in [0.15, 0.2) is 0 Å². The summed E-state index contributed by atoms with van der Waals surface area (Å²) in [5.74, 6) is 1.36. The Kier molecular flexibility index (Phi) is 9.50. The fourth-order valence-corrected chi connectivity index (χ4v) is 4.68. The quantitative estimate of drug-likeness (QED) is 0.375. The Balaban J connectivity index is 1.73. The Morgan fingerprint density at radius 1 is 1.21 bits per heavy atom. The lowest BCUT2D eigenvalue weighted by Crippen LogP contribution is -2.57. The molecule has 0 bridgehead atoms. The van der Waals surface area contributed by atoms with E-state index in [-0.39, 0.29) is 17.9 Å². The lowest BCUT2D eigenvalue weighted by molar-refractivity contribution is -0.201. The number of aliphatic hydroxyl groups is 3. The Labute approximate surface area is 173 Å². The van der Waals surface area contributed by atoms with Crippen LogP contribution < -0.4 is 10.6 Å². The van der Waals surface area contributed by atoms with Gasteiger partial charge in [0.1, 0.15) is 23.7 Å². The van der Waals surface area contributed by atoms with E-state index < -0.39 is 29.9 Å². The van der Waals surface area contributed by atoms with Gasteiger partial charge in [0.05, 0.1) is 12.1 Å². The molecule has 0 aromatic rings. The third-order valence-corrected chi connectivity index (χ3v) is 6.71. The van der Waals surface area contributed by atoms with Crippen LogP contribution in [-0.4, -0.2) is 76.5 Å². The van der Waals surface area contributed by atoms with E-state index in [9.17, 15) is 20.1 Å². The SMILES string of the molecule is CSC1OC(CC(C)CNC(=O)C2CC(CCC(C)C)CN2)C(O)C(O)C1O. The second-order valence-corrected chi connectivity index (χ2v) is 9.81. The third kappa shape index (κ3) is 6.57. The molecule has 0 aliphatic carbocycles. The van der Waals surface area contributed by atoms with Gasteiger partial charge in [0.2, 0.25) is 5.91 Å². The largest absolute Gasteiger partial charge is 0.388 e. The molecule has 28 heavy (non-hydrogen) atoms. The smallest absolute Gasteiger partial charge is 0.237 e. The van der Waals surface area contributed by atoms with Gasteiger partial charge in [0.25, 0.3) is 0 Å². The molecule has 2 rings (SSSR count). The van der Waals surface area contributed by atoms with Gasteiger partial charge < -0.3 is 30.7 Å². The number of rotatable bonds is 9. The van der Waals surface area contributed by atoms with Crippen LogP contribution in [0.4, 0.5) is 0 Å². The van der Waals surface area contributed by atoms with Crippen molar-refractivity contribution in [2.45, 2.75) is 82.3 Å². The molecule has 8 atom stereocenters. The summed E-state index contributed by atoms with van der Waals surface area (Å²) in [6.07, 6.45) is 1.52. The highest BCUT2D eigenvalue weighted by molar-refractivity contribution is 7.99. The summed E-state index contributed by atoms with van der Waals surface area (Å²) < 4.78 is 5.75. The Bertz CT molecular complexity index is 493. The predicted molar refractivity (Wildman–Crippen MR) is 111 cm³/mol. The number of carbonyl (C=O) groups excluding carboxylic acids is 1. The van der Waals surface area contributed by atoms with Crippen LogP contribution in [0.2, 0.25) is 0 Å². The minimum atomic E-state index is -1.22. The van der Waals surface area contributed by atoms with E-state index in [4.69, 9.17) is 4.74 Å². The van der Waals surface area contributed by atoms with E-state index in [1.165, 1.54) is 18.2 Å². The van der Waals surface area contributed by atoms with Gasteiger partial charge in [-0.3, -0.25) is 4.79 Å². The summed E-state index contributed by atoms with van der Waals surface area (Å²) in [5, 5.41) is 36.5. The summed E-state index contributed by atoms with van der Waals surface area (Å²) in [4.78, 5) is 12.5. The molecule has 2 aliphatic rings. The summed E-state index contributed by atoms with van der Waals surface area (Å²) in [6.45, 7) is 7.82. The van der Waals surface area contributed by atoms with Crippen LogP contribution in [0.25, 0.3) is 0 Å². The van der Waals surface area contributed by atoms with Gasteiger partial charge in [-0.1, -0.05) is 27.2 Å². The molecule has 0 aromatic heterocycles. The van der Waals surface area contributed by atoms with Crippen molar-refractivity contribution in [2.75, 3.05) is 19.3 Å². The lowest BCUT2D eigenvalue weighted by Gasteiger charge is -2.40. The van der Waals surface area contributed by atoms with Gasteiger partial charge in [-0.25, -0.2) is 0 Å². The normalized spacial score (nSPS) is 37.2. The molecule has 8 heteroatoms. The maximum absolute atomic E-state index is 12.5. The molecule has 2 fully saturated rings. The number of amides is 1. The zero-order valence-corrected chi connectivity index (χ0v) is 18.3. The molecule has 5 N–H and O–H groups in total. The number of hydrogen-bond donors (Lipinski definition) is 5. The zero-order chi connectivity index (χ0) is 20.8. The summed E-state index contributed by atoms with van der Waals surface area (Å²) >= 11 is 1.31. The Morgan fingerprint density at radius 3 is 2.57 bits per heavy atom. The minimum Gasteiger partial charge on any atom is -0.388 e. The van der Waals surface area contributed by atoms with Crippen LogP contribution >= 0.6 is 11.8 Å². The first-order valence-electron chi connectivity index (χ1n) is 10.5. The van der Waals surface area contributed by atoms with Crippen LogP contribution in [0.5, 0.6) is 0 Å². The second-order valence-electron chi connectivity index (χ2n) is 8.87. The van der Waals surface area contributed by atoms with Gasteiger partial charge in [-0.05, 0) is 49.8 Å². The highest BCUT2D eigenvalue weighted by atomic mass is 32.2. The van der Waals surface area contributed by atoms with Crippen molar-refractivity contribution >= 4 is 17.7 Å². The van der Waals surface area contributed by atoms with Gasteiger partial charge in [0.15, 0.2) is 0 Å². The van der Waals surface area contributed by atoms with Gasteiger partial charge in [-0.15, -0.1) is 11.8 Å². The summed E-state index contributed by atoms with van der Waals surface area (Å²) in [6, 6.07) is -0.126. The van der Waals surface area contributed by atoms with Crippen molar-refractivity contribution < 1.29 is 24.9 Å². The van der Waals surface area contributed by atoms with E-state index >= 15 is 0 Å². The maximum Gasteiger partial charge on any atom is 0.237 e. The van der Waals surface area contributed by atoms with Crippen LogP contribution in [0, 0.1) is 17.8 Å². The van der Waals surface area contributed by atoms with Crippen molar-refractivity contribution in [2.24, 2.45) is 17.8 Å². The molecule has 164 valence electrons. The molecule has 0 aromatic carbocycles. The first-order chi connectivity index (χ1) is 13.2. The molecule has 7 nitrogen and oxygen atoms in total. The molecular weight excluding hydrogens is 380 g/mol. The Morgan fingerprint density at radius 2 is 1.93 bits per heavy atom. The average molecular weight is 419 g/mol. The van der Waals surface area contributed by atoms with Gasteiger partial charge in [0, 0.05) is 6.54 Å². The fraction of sp³-hybridized carbons (Fsp3) is 0.950. The van der Waals surface area contributed by atoms with Crippen molar-refractivity contribution in [3.8, 4) is 0 Å². The van der Waals surface area contributed by atoms with Crippen molar-refractivity contribution in [3.05, 3.63) is 0 Å². The van der Waals surface area contributed by atoms with Crippen LogP contribution in [0.1, 0.15) is 46.5 Å². The first kappa shape index (κ1) is 23.9. The van der Waals surface area contributed by atoms with Gasteiger partial charge >= 0.3 is 0 Å². The third-order valence-electron chi connectivity index (χ3n) is 5.85. The highest BCUT2D eigenvalue weighted by Crippen LogP contribution is 2.30. The fourth-order valence-electron chi connectivity index (χ4n) is 3.98. The van der Waals surface area contributed by atoms with Crippen molar-refractivity contribution in [3.63, 3.8) is 0 Å². The predicted octanol–water partition coefficient (Wildman–Crippen LogP) is 0.714. The molecule has 8 unspecified atom stereocenters. The van der Waals surface area contributed by atoms with Crippen molar-refractivity contribution in [1.82, 2.24) is 10.6 Å². The number of hydrogen-bond acceptors (Lipinski definition) is 7. The van der Waals surface area contributed by atoms with Crippen LogP contribution in [0.3, 0.4) is 0 Å². The average Bonchev–Trinajstić information content (AvgIpc) is 3.14. The van der Waals surface area contributed by atoms with E-state index in [0.717, 1.165) is 19.4 Å². The topological polar surface area (TPSA) is 111 Å². The molecule has 2 heterocycles. The zero-order valence-electron chi connectivity index (χ0n) is 17.5. The van der Waals surface area contributed by atoms with E-state index in [1.54, 1.807) is 6.26 Å². The number of carbonyl (C=O) groups is 1. The molecule has 0 spiro atoms. The molecular formula is C20H38N2O5S. The first-order valence-corrected chi connectivity index (χ1v) is 11.7. The summed E-state index contributed by atoms with van der Waals surface area (Å²) in [5.41, 5.74) is -0.560. The molecule has 0 saturated carbocycles. The lowest BCUT2D eigenvalue weighted by atomic mass is 9.92. The second kappa shape index (κ2) is 11.1. The highest BCUT2D eigenvalue weighted by Gasteiger charge is 2.43. The number of aliphatic hydroxyl groups excluding tert-OH is 3. The van der Waals surface area contributed by atoms with Crippen molar-refractivity contribution in [1.29, 1.82) is 0 Å². The molecule has 2 saturated heterocycles. The molecule has 2 aliphatic heterocycles. The van der Waals surface area contributed by atoms with E-state index in [0.29, 0.717) is 24.8 Å². The summed E-state index contributed by atoms with van der Waals surface area (Å²) in [7, 11) is 0.